The van der Waals surface area contributed by atoms with E-state index in [1.807, 2.05) is 4.57 Å². The average molecular weight is 500 g/mol. The number of amides is 1. The van der Waals surface area contributed by atoms with Gasteiger partial charge in [0.15, 0.2) is 4.80 Å². The molecule has 2 aromatic carbocycles. The largest absolute Gasteiger partial charge is 0.379 e. The van der Waals surface area contributed by atoms with Gasteiger partial charge in [0.05, 0.1) is 28.3 Å². The first kappa shape index (κ1) is 24.5. The van der Waals surface area contributed by atoms with Crippen LogP contribution >= 0.6 is 11.3 Å². The summed E-state index contributed by atoms with van der Waals surface area (Å²) in [5, 5.41) is 0. The van der Waals surface area contributed by atoms with Crippen molar-refractivity contribution in [2.75, 3.05) is 26.3 Å². The van der Waals surface area contributed by atoms with E-state index in [1.54, 1.807) is 6.08 Å². The third-order valence-electron chi connectivity index (χ3n) is 5.78. The van der Waals surface area contributed by atoms with E-state index in [0.29, 0.717) is 43.2 Å². The number of carbonyl (C=O) groups excluding carboxylic acids is 1. The second-order valence-electron chi connectivity index (χ2n) is 8.15. The van der Waals surface area contributed by atoms with E-state index in [-0.39, 0.29) is 4.90 Å². The summed E-state index contributed by atoms with van der Waals surface area (Å²) in [6.45, 7) is 7.97. The number of ether oxygens (including phenoxy) is 1. The van der Waals surface area contributed by atoms with Crippen molar-refractivity contribution in [3.05, 3.63) is 71.0 Å². The van der Waals surface area contributed by atoms with Crippen molar-refractivity contribution in [1.82, 2.24) is 8.87 Å². The standard InChI is InChI=1S/C25H29N3O4S2/c1-3-5-6-19-7-12-22-23(18-19)33-25(28(22)13-4-2)26-24(29)20-8-10-21(11-9-20)34(30,31)27-14-16-32-17-15-27/h4,7-12,18H,2-3,5-6,13-17H2,1H3. The molecule has 0 bridgehead atoms. The molecule has 0 radical (unpaired) electrons. The highest BCUT2D eigenvalue weighted by atomic mass is 32.2. The molecule has 34 heavy (non-hydrogen) atoms. The Balaban J connectivity index is 1.63. The van der Waals surface area contributed by atoms with Gasteiger partial charge < -0.3 is 9.30 Å². The number of benzene rings is 2. The summed E-state index contributed by atoms with van der Waals surface area (Å²) in [6.07, 6.45) is 5.08. The smallest absolute Gasteiger partial charge is 0.279 e. The molecule has 0 N–H and O–H groups in total. The molecule has 0 unspecified atom stereocenters. The molecule has 9 heteroatoms. The summed E-state index contributed by atoms with van der Waals surface area (Å²) < 4.78 is 35.3. The van der Waals surface area contributed by atoms with E-state index in [9.17, 15) is 13.2 Å². The Labute approximate surface area is 204 Å². The molecule has 1 aliphatic rings. The summed E-state index contributed by atoms with van der Waals surface area (Å²) in [6, 6.07) is 12.4. The van der Waals surface area contributed by atoms with Crippen molar-refractivity contribution in [3.8, 4) is 0 Å². The first-order valence-electron chi connectivity index (χ1n) is 11.4. The van der Waals surface area contributed by atoms with Crippen LogP contribution in [0.1, 0.15) is 35.7 Å². The lowest BCUT2D eigenvalue weighted by atomic mass is 10.1. The first-order chi connectivity index (χ1) is 16.4. The predicted octanol–water partition coefficient (Wildman–Crippen LogP) is 3.99. The van der Waals surface area contributed by atoms with Crippen molar-refractivity contribution >= 4 is 37.5 Å². The maximum absolute atomic E-state index is 12.9. The number of allylic oxidation sites excluding steroid dienone is 1. The number of hydrogen-bond donors (Lipinski definition) is 0. The molecule has 4 rings (SSSR count). The van der Waals surface area contributed by atoms with Gasteiger partial charge in [0.25, 0.3) is 5.91 Å². The van der Waals surface area contributed by atoms with Gasteiger partial charge in [0, 0.05) is 25.2 Å². The lowest BCUT2D eigenvalue weighted by molar-refractivity contribution is 0.0730. The SMILES string of the molecule is C=CCn1c(=NC(=O)c2ccc(S(=O)(=O)N3CCOCC3)cc2)sc2cc(CCCC)ccc21. The molecule has 7 nitrogen and oxygen atoms in total. The van der Waals surface area contributed by atoms with E-state index >= 15 is 0 Å². The van der Waals surface area contributed by atoms with Crippen LogP contribution in [0.2, 0.25) is 0 Å². The molecule has 0 saturated carbocycles. The molecule has 1 aromatic heterocycles. The normalized spacial score (nSPS) is 15.6. The molecule has 3 aromatic rings. The Kier molecular flexibility index (Phi) is 7.77. The van der Waals surface area contributed by atoms with Crippen molar-refractivity contribution in [3.63, 3.8) is 0 Å². The van der Waals surface area contributed by atoms with Gasteiger partial charge in [-0.3, -0.25) is 4.79 Å². The number of thiazole rings is 1. The van der Waals surface area contributed by atoms with Gasteiger partial charge in [-0.1, -0.05) is 36.8 Å². The number of hydrogen-bond acceptors (Lipinski definition) is 5. The predicted molar refractivity (Wildman–Crippen MR) is 135 cm³/mol. The second-order valence-corrected chi connectivity index (χ2v) is 11.1. The minimum absolute atomic E-state index is 0.161. The van der Waals surface area contributed by atoms with E-state index < -0.39 is 15.9 Å². The van der Waals surface area contributed by atoms with Crippen molar-refractivity contribution in [2.45, 2.75) is 37.6 Å². The number of aryl methyl sites for hydroxylation is 1. The number of aromatic nitrogens is 1. The van der Waals surface area contributed by atoms with Gasteiger partial charge in [-0.2, -0.15) is 9.30 Å². The van der Waals surface area contributed by atoms with E-state index in [0.717, 1.165) is 29.5 Å². The average Bonchev–Trinajstić information content (AvgIpc) is 3.19. The minimum atomic E-state index is -3.61. The van der Waals surface area contributed by atoms with Crippen molar-refractivity contribution in [1.29, 1.82) is 0 Å². The Morgan fingerprint density at radius 1 is 1.18 bits per heavy atom. The lowest BCUT2D eigenvalue weighted by Gasteiger charge is -2.26. The van der Waals surface area contributed by atoms with Crippen LogP contribution in [-0.4, -0.2) is 49.5 Å². The Morgan fingerprint density at radius 2 is 1.91 bits per heavy atom. The summed E-state index contributed by atoms with van der Waals surface area (Å²) in [7, 11) is -3.61. The van der Waals surface area contributed by atoms with Gasteiger partial charge in [0.2, 0.25) is 10.0 Å². The topological polar surface area (TPSA) is 81.0 Å². The van der Waals surface area contributed by atoms with Crippen LogP contribution in [0, 0.1) is 0 Å². The zero-order valence-corrected chi connectivity index (χ0v) is 20.9. The van der Waals surface area contributed by atoms with Crippen LogP contribution in [0.4, 0.5) is 0 Å². The molecule has 1 fully saturated rings. The van der Waals surface area contributed by atoms with Gasteiger partial charge in [-0.25, -0.2) is 8.42 Å². The summed E-state index contributed by atoms with van der Waals surface area (Å²) in [4.78, 5) is 18.1. The van der Waals surface area contributed by atoms with Crippen molar-refractivity contribution in [2.24, 2.45) is 4.99 Å². The fourth-order valence-electron chi connectivity index (χ4n) is 3.90. The van der Waals surface area contributed by atoms with Gasteiger partial charge >= 0.3 is 0 Å². The van der Waals surface area contributed by atoms with Gasteiger partial charge in [-0.15, -0.1) is 6.58 Å². The number of nitrogens with zero attached hydrogens (tertiary/aromatic N) is 3. The molecule has 180 valence electrons. The number of carbonyl (C=O) groups is 1. The molecule has 0 aliphatic carbocycles. The summed E-state index contributed by atoms with van der Waals surface area (Å²) >= 11 is 1.47. The van der Waals surface area contributed by atoms with Crippen LogP contribution in [0.25, 0.3) is 10.2 Å². The second kappa shape index (κ2) is 10.8. The van der Waals surface area contributed by atoms with Crippen LogP contribution < -0.4 is 4.80 Å². The van der Waals surface area contributed by atoms with Crippen LogP contribution in [-0.2, 0) is 27.7 Å². The quantitative estimate of drug-likeness (QED) is 0.439. The van der Waals surface area contributed by atoms with Crippen molar-refractivity contribution < 1.29 is 17.9 Å². The molecular weight excluding hydrogens is 470 g/mol. The van der Waals surface area contributed by atoms with Crippen LogP contribution in [0.3, 0.4) is 0 Å². The maximum atomic E-state index is 12.9. The van der Waals surface area contributed by atoms with Crippen LogP contribution in [0.15, 0.2) is 65.0 Å². The van der Waals surface area contributed by atoms with E-state index in [4.69, 9.17) is 4.74 Å². The van der Waals surface area contributed by atoms with Crippen LogP contribution in [0.5, 0.6) is 0 Å². The minimum Gasteiger partial charge on any atom is -0.379 e. The molecule has 0 spiro atoms. The zero-order valence-electron chi connectivity index (χ0n) is 19.3. The third-order valence-corrected chi connectivity index (χ3v) is 8.74. The molecule has 2 heterocycles. The number of rotatable bonds is 8. The van der Waals surface area contributed by atoms with E-state index in [1.165, 1.54) is 45.5 Å². The Hall–Kier alpha value is -2.59. The summed E-state index contributed by atoms with van der Waals surface area (Å²) in [5.41, 5.74) is 2.63. The molecule has 0 atom stereocenters. The Morgan fingerprint density at radius 3 is 2.59 bits per heavy atom. The summed E-state index contributed by atoms with van der Waals surface area (Å²) in [5.74, 6) is -0.411. The molecule has 1 aliphatic heterocycles. The number of unbranched alkanes of at least 4 members (excludes halogenated alkanes) is 1. The van der Waals surface area contributed by atoms with Gasteiger partial charge in [-0.05, 0) is 54.8 Å². The molecule has 1 saturated heterocycles. The molecular formula is C25H29N3O4S2. The highest BCUT2D eigenvalue weighted by molar-refractivity contribution is 7.89. The zero-order chi connectivity index (χ0) is 24.1. The molecule has 1 amide bonds. The highest BCUT2D eigenvalue weighted by Gasteiger charge is 2.26. The lowest BCUT2D eigenvalue weighted by Crippen LogP contribution is -2.40. The third kappa shape index (κ3) is 5.22. The number of morpholine rings is 1. The first-order valence-corrected chi connectivity index (χ1v) is 13.7. The number of fused-ring (bicyclic) bond motifs is 1. The Bertz CT molecular complexity index is 1350. The maximum Gasteiger partial charge on any atom is 0.279 e. The number of sulfonamides is 1. The van der Waals surface area contributed by atoms with Gasteiger partial charge in [0.1, 0.15) is 0 Å². The highest BCUT2D eigenvalue weighted by Crippen LogP contribution is 2.21. The fourth-order valence-corrected chi connectivity index (χ4v) is 6.41. The fraction of sp³-hybridized carbons (Fsp3) is 0.360. The monoisotopic (exact) mass is 499 g/mol. The van der Waals surface area contributed by atoms with E-state index in [2.05, 4.69) is 36.7 Å².